The molecule has 118 valence electrons. The number of benzene rings is 1. The Bertz CT molecular complexity index is 610. The molecule has 1 saturated heterocycles. The summed E-state index contributed by atoms with van der Waals surface area (Å²) < 4.78 is 13.6. The van der Waals surface area contributed by atoms with Crippen molar-refractivity contribution in [1.29, 1.82) is 5.26 Å². The number of anilines is 1. The quantitative estimate of drug-likeness (QED) is 0.818. The zero-order valence-electron chi connectivity index (χ0n) is 13.1. The van der Waals surface area contributed by atoms with Crippen molar-refractivity contribution in [1.82, 2.24) is 4.90 Å². The highest BCUT2D eigenvalue weighted by molar-refractivity contribution is 8.01. The van der Waals surface area contributed by atoms with E-state index in [-0.39, 0.29) is 22.0 Å². The van der Waals surface area contributed by atoms with Gasteiger partial charge in [-0.3, -0.25) is 0 Å². The Hall–Kier alpha value is -1.32. The number of nitrogens with zero attached hydrogens (tertiary/aromatic N) is 2. The lowest BCUT2D eigenvalue weighted by molar-refractivity contribution is 0.301. The molecule has 2 atom stereocenters. The van der Waals surface area contributed by atoms with E-state index in [9.17, 15) is 9.65 Å². The summed E-state index contributed by atoms with van der Waals surface area (Å²) in [5.41, 5.74) is 0.335. The summed E-state index contributed by atoms with van der Waals surface area (Å²) in [6.07, 6.45) is 0. The Morgan fingerprint density at radius 3 is 2.64 bits per heavy atom. The molecule has 6 heteroatoms. The molecule has 0 saturated carbocycles. The summed E-state index contributed by atoms with van der Waals surface area (Å²) in [7, 11) is 0. The largest absolute Gasteiger partial charge is 0.330 e. The van der Waals surface area contributed by atoms with E-state index in [4.69, 9.17) is 12.2 Å². The number of hydrogen-bond donors (Lipinski definition) is 1. The van der Waals surface area contributed by atoms with Crippen LogP contribution in [-0.2, 0) is 0 Å². The van der Waals surface area contributed by atoms with Crippen LogP contribution in [0.1, 0.15) is 27.7 Å². The van der Waals surface area contributed by atoms with E-state index in [1.165, 1.54) is 6.07 Å². The maximum Gasteiger partial charge on any atom is 0.175 e. The van der Waals surface area contributed by atoms with E-state index in [0.29, 0.717) is 16.7 Å². The Morgan fingerprint density at radius 1 is 1.45 bits per heavy atom. The second-order valence-corrected chi connectivity index (χ2v) is 8.36. The minimum absolute atomic E-state index is 0.0893. The van der Waals surface area contributed by atoms with E-state index in [1.54, 1.807) is 30.0 Å². The third-order valence-corrected chi connectivity index (χ3v) is 5.83. The topological polar surface area (TPSA) is 39.1 Å². The van der Waals surface area contributed by atoms with Gasteiger partial charge in [-0.1, -0.05) is 26.0 Å². The highest BCUT2D eigenvalue weighted by Gasteiger charge is 2.49. The minimum Gasteiger partial charge on any atom is -0.330 e. The van der Waals surface area contributed by atoms with Crippen molar-refractivity contribution in [2.24, 2.45) is 5.92 Å². The van der Waals surface area contributed by atoms with Gasteiger partial charge in [-0.15, -0.1) is 11.8 Å². The van der Waals surface area contributed by atoms with Gasteiger partial charge in [-0.05, 0) is 44.1 Å². The zero-order chi connectivity index (χ0) is 16.5. The molecule has 0 aromatic heterocycles. The molecule has 1 aromatic carbocycles. The molecule has 0 bridgehead atoms. The number of nitriles is 1. The molecule has 2 unspecified atom stereocenters. The molecule has 1 N–H and O–H groups in total. The van der Waals surface area contributed by atoms with Crippen molar-refractivity contribution in [2.45, 2.75) is 43.9 Å². The minimum atomic E-state index is -0.356. The Labute approximate surface area is 140 Å². The van der Waals surface area contributed by atoms with Crippen molar-refractivity contribution >= 4 is 34.8 Å². The molecule has 1 heterocycles. The van der Waals surface area contributed by atoms with Crippen LogP contribution < -0.4 is 5.32 Å². The lowest BCUT2D eigenvalue weighted by atomic mass is 10.0. The van der Waals surface area contributed by atoms with Crippen LogP contribution in [0.15, 0.2) is 24.3 Å². The molecule has 22 heavy (non-hydrogen) atoms. The number of thiocarbonyl (C=S) groups is 1. The third-order valence-electron chi connectivity index (χ3n) is 3.68. The van der Waals surface area contributed by atoms with Gasteiger partial charge < -0.3 is 10.2 Å². The molecular weight excluding hydrogens is 317 g/mol. The first-order chi connectivity index (χ1) is 10.3. The van der Waals surface area contributed by atoms with Crippen LogP contribution in [0.4, 0.5) is 10.1 Å². The van der Waals surface area contributed by atoms with Gasteiger partial charge in [0.2, 0.25) is 0 Å². The number of nitrogens with one attached hydrogen (secondary N) is 1. The van der Waals surface area contributed by atoms with Gasteiger partial charge in [0.15, 0.2) is 5.11 Å². The molecule has 0 amide bonds. The summed E-state index contributed by atoms with van der Waals surface area (Å²) in [6.45, 7) is 8.30. The highest BCUT2D eigenvalue weighted by atomic mass is 32.2. The first kappa shape index (κ1) is 17.0. The first-order valence-electron chi connectivity index (χ1n) is 7.19. The standard InChI is InChI=1S/C16H20FN3S2/c1-10(2)14-20(13(9-18)16(3,4)22-14)15(21)19-12-8-6-5-7-11(12)17/h5-8,10,13-14H,1-4H3,(H,19,21). The third kappa shape index (κ3) is 3.21. The molecule has 1 aliphatic rings. The fourth-order valence-electron chi connectivity index (χ4n) is 2.56. The van der Waals surface area contributed by atoms with Gasteiger partial charge in [-0.2, -0.15) is 5.26 Å². The Morgan fingerprint density at radius 2 is 2.09 bits per heavy atom. The molecule has 0 radical (unpaired) electrons. The smallest absolute Gasteiger partial charge is 0.175 e. The molecule has 2 rings (SSSR count). The summed E-state index contributed by atoms with van der Waals surface area (Å²) >= 11 is 7.22. The van der Waals surface area contributed by atoms with Gasteiger partial charge in [0, 0.05) is 4.75 Å². The predicted octanol–water partition coefficient (Wildman–Crippen LogP) is 4.22. The number of thioether (sulfide) groups is 1. The van der Waals surface area contributed by atoms with Gasteiger partial charge in [0.1, 0.15) is 11.9 Å². The highest BCUT2D eigenvalue weighted by Crippen LogP contribution is 2.46. The lowest BCUT2D eigenvalue weighted by Crippen LogP contribution is -2.48. The van der Waals surface area contributed by atoms with Gasteiger partial charge >= 0.3 is 0 Å². The lowest BCUT2D eigenvalue weighted by Gasteiger charge is -2.32. The van der Waals surface area contributed by atoms with E-state index in [2.05, 4.69) is 25.2 Å². The number of hydrogen-bond acceptors (Lipinski definition) is 3. The van der Waals surface area contributed by atoms with Crippen LogP contribution in [-0.4, -0.2) is 26.2 Å². The van der Waals surface area contributed by atoms with E-state index in [0.717, 1.165) is 0 Å². The zero-order valence-corrected chi connectivity index (χ0v) is 14.8. The summed E-state index contributed by atoms with van der Waals surface area (Å²) in [5, 5.41) is 13.0. The molecule has 1 fully saturated rings. The van der Waals surface area contributed by atoms with Crippen molar-refractivity contribution in [3.05, 3.63) is 30.1 Å². The maximum atomic E-state index is 13.8. The van der Waals surface area contributed by atoms with Crippen LogP contribution in [0.5, 0.6) is 0 Å². The first-order valence-corrected chi connectivity index (χ1v) is 8.48. The van der Waals surface area contributed by atoms with Gasteiger partial charge in [-0.25, -0.2) is 4.39 Å². The predicted molar refractivity (Wildman–Crippen MR) is 94.2 cm³/mol. The summed E-state index contributed by atoms with van der Waals surface area (Å²) in [4.78, 5) is 1.91. The molecule has 1 aromatic rings. The number of halogens is 1. The van der Waals surface area contributed by atoms with Crippen LogP contribution in [0.2, 0.25) is 0 Å². The second-order valence-electron chi connectivity index (χ2n) is 6.20. The monoisotopic (exact) mass is 337 g/mol. The van der Waals surface area contributed by atoms with Gasteiger partial charge in [0.05, 0.1) is 17.1 Å². The Balaban J connectivity index is 2.29. The molecule has 0 spiro atoms. The van der Waals surface area contributed by atoms with Crippen molar-refractivity contribution < 1.29 is 4.39 Å². The number of rotatable bonds is 2. The molecule has 3 nitrogen and oxygen atoms in total. The van der Waals surface area contributed by atoms with Gasteiger partial charge in [0.25, 0.3) is 0 Å². The fraction of sp³-hybridized carbons (Fsp3) is 0.500. The number of para-hydroxylation sites is 1. The molecule has 1 aliphatic heterocycles. The van der Waals surface area contributed by atoms with E-state index < -0.39 is 0 Å². The van der Waals surface area contributed by atoms with Crippen LogP contribution in [0.25, 0.3) is 0 Å². The second kappa shape index (κ2) is 6.43. The Kier molecular flexibility index (Phi) is 4.98. The van der Waals surface area contributed by atoms with E-state index >= 15 is 0 Å². The van der Waals surface area contributed by atoms with Crippen molar-refractivity contribution in [3.63, 3.8) is 0 Å². The van der Waals surface area contributed by atoms with Crippen molar-refractivity contribution in [3.8, 4) is 6.07 Å². The van der Waals surface area contributed by atoms with Crippen LogP contribution in [0, 0.1) is 23.1 Å². The fourth-order valence-corrected chi connectivity index (χ4v) is 4.49. The average Bonchev–Trinajstić information content (AvgIpc) is 2.72. The summed E-state index contributed by atoms with van der Waals surface area (Å²) in [5.74, 6) is -0.0337. The maximum absolute atomic E-state index is 13.8. The van der Waals surface area contributed by atoms with E-state index in [1.807, 2.05) is 18.7 Å². The SMILES string of the molecule is CC(C)C1SC(C)(C)C(C#N)N1C(=S)Nc1ccccc1F. The average molecular weight is 337 g/mol. The normalized spacial score (nSPS) is 23.4. The van der Waals surface area contributed by atoms with Crippen LogP contribution >= 0.6 is 24.0 Å². The van der Waals surface area contributed by atoms with Crippen LogP contribution in [0.3, 0.4) is 0 Å². The van der Waals surface area contributed by atoms with Crippen molar-refractivity contribution in [2.75, 3.05) is 5.32 Å². The summed E-state index contributed by atoms with van der Waals surface area (Å²) in [6, 6.07) is 8.41. The molecular formula is C16H20FN3S2. The molecule has 0 aliphatic carbocycles.